The van der Waals surface area contributed by atoms with Gasteiger partial charge in [-0.3, -0.25) is 9.48 Å². The van der Waals surface area contributed by atoms with E-state index in [1.807, 2.05) is 31.4 Å². The molecule has 0 radical (unpaired) electrons. The molecule has 7 heteroatoms. The first kappa shape index (κ1) is 17.3. The number of benzene rings is 1. The van der Waals surface area contributed by atoms with Gasteiger partial charge in [-0.2, -0.15) is 5.10 Å². The van der Waals surface area contributed by atoms with E-state index in [1.165, 1.54) is 0 Å². The fraction of sp³-hybridized carbons (Fsp3) is 0.444. The van der Waals surface area contributed by atoms with E-state index < -0.39 is 0 Å². The number of carbonyl (C=O) groups excluding carboxylic acids is 1. The van der Waals surface area contributed by atoms with E-state index in [9.17, 15) is 4.79 Å². The first-order valence-corrected chi connectivity index (χ1v) is 8.46. The van der Waals surface area contributed by atoms with Gasteiger partial charge in [0.2, 0.25) is 5.91 Å². The van der Waals surface area contributed by atoms with Gasteiger partial charge in [-0.05, 0) is 25.6 Å². The molecule has 1 aromatic carbocycles. The molecule has 3 rings (SSSR count). The van der Waals surface area contributed by atoms with Gasteiger partial charge < -0.3 is 20.3 Å². The number of likely N-dealkylation sites (N-methyl/N-ethyl adjacent to an activating group) is 1. The second kappa shape index (κ2) is 7.57. The number of hydrogen-bond donors (Lipinski definition) is 2. The summed E-state index contributed by atoms with van der Waals surface area (Å²) < 4.78 is 6.99. The number of nitrogens with zero attached hydrogens (tertiary/aromatic N) is 3. The molecule has 1 amide bonds. The van der Waals surface area contributed by atoms with Crippen molar-refractivity contribution in [2.75, 3.05) is 32.1 Å². The van der Waals surface area contributed by atoms with Gasteiger partial charge in [0.05, 0.1) is 13.3 Å². The minimum absolute atomic E-state index is 0.0204. The van der Waals surface area contributed by atoms with Gasteiger partial charge in [-0.25, -0.2) is 0 Å². The van der Waals surface area contributed by atoms with Crippen LogP contribution in [0.3, 0.4) is 0 Å². The number of carbonyl (C=O) groups is 1. The largest absolute Gasteiger partial charge is 0.497 e. The standard InChI is InChI=1S/C18H25N5O2/c1-19-17(13-10-20-22(2)11-13)18(24)21-14-7-8-23(12-14)15-5-4-6-16(9-15)25-3/h4-6,9-11,14,17,19H,7-8,12H2,1-3H3,(H,21,24). The van der Waals surface area contributed by atoms with Crippen molar-refractivity contribution in [1.29, 1.82) is 0 Å². The monoisotopic (exact) mass is 343 g/mol. The van der Waals surface area contributed by atoms with E-state index in [-0.39, 0.29) is 18.0 Å². The Kier molecular flexibility index (Phi) is 5.23. The van der Waals surface area contributed by atoms with Crippen molar-refractivity contribution in [2.45, 2.75) is 18.5 Å². The first-order valence-electron chi connectivity index (χ1n) is 8.46. The summed E-state index contributed by atoms with van der Waals surface area (Å²) in [6.45, 7) is 1.71. The molecule has 0 bridgehead atoms. The number of hydrogen-bond acceptors (Lipinski definition) is 5. The lowest BCUT2D eigenvalue weighted by Gasteiger charge is -2.21. The molecule has 25 heavy (non-hydrogen) atoms. The number of anilines is 1. The van der Waals surface area contributed by atoms with Crippen LogP contribution in [0.5, 0.6) is 5.75 Å². The second-order valence-electron chi connectivity index (χ2n) is 6.31. The van der Waals surface area contributed by atoms with Gasteiger partial charge in [0, 0.05) is 49.7 Å². The Morgan fingerprint density at radius 1 is 1.44 bits per heavy atom. The summed E-state index contributed by atoms with van der Waals surface area (Å²) in [5.41, 5.74) is 1.98. The molecular formula is C18H25N5O2. The lowest BCUT2D eigenvalue weighted by Crippen LogP contribution is -2.43. The maximum atomic E-state index is 12.6. The fourth-order valence-corrected chi connectivity index (χ4v) is 3.24. The number of nitrogens with one attached hydrogen (secondary N) is 2. The fourth-order valence-electron chi connectivity index (χ4n) is 3.24. The van der Waals surface area contributed by atoms with E-state index in [0.29, 0.717) is 0 Å². The second-order valence-corrected chi connectivity index (χ2v) is 6.31. The molecule has 1 aliphatic heterocycles. The molecule has 2 unspecified atom stereocenters. The van der Waals surface area contributed by atoms with Crippen molar-refractivity contribution in [2.24, 2.45) is 7.05 Å². The van der Waals surface area contributed by atoms with Crippen LogP contribution in [0, 0.1) is 0 Å². The number of amides is 1. The number of aryl methyl sites for hydroxylation is 1. The van der Waals surface area contributed by atoms with Crippen LogP contribution in [-0.4, -0.2) is 49.0 Å². The average molecular weight is 343 g/mol. The highest BCUT2D eigenvalue weighted by Gasteiger charge is 2.28. The maximum Gasteiger partial charge on any atom is 0.242 e. The molecule has 2 aromatic rings. The van der Waals surface area contributed by atoms with Gasteiger partial charge in [0.25, 0.3) is 0 Å². The zero-order valence-electron chi connectivity index (χ0n) is 14.9. The van der Waals surface area contributed by atoms with Crippen LogP contribution in [0.1, 0.15) is 18.0 Å². The van der Waals surface area contributed by atoms with Crippen LogP contribution in [0.2, 0.25) is 0 Å². The topological polar surface area (TPSA) is 71.4 Å². The third-order valence-corrected chi connectivity index (χ3v) is 4.56. The molecule has 0 spiro atoms. The van der Waals surface area contributed by atoms with Gasteiger partial charge in [0.15, 0.2) is 0 Å². The Balaban J connectivity index is 1.61. The third kappa shape index (κ3) is 3.93. The van der Waals surface area contributed by atoms with Gasteiger partial charge >= 0.3 is 0 Å². The van der Waals surface area contributed by atoms with Crippen molar-refractivity contribution >= 4 is 11.6 Å². The molecule has 0 aliphatic carbocycles. The van der Waals surface area contributed by atoms with Gasteiger partial charge in [0.1, 0.15) is 11.8 Å². The van der Waals surface area contributed by atoms with E-state index in [2.05, 4.69) is 26.7 Å². The van der Waals surface area contributed by atoms with Crippen LogP contribution in [0.25, 0.3) is 0 Å². The Hall–Kier alpha value is -2.54. The van der Waals surface area contributed by atoms with Crippen molar-refractivity contribution in [1.82, 2.24) is 20.4 Å². The number of methoxy groups -OCH3 is 1. The number of ether oxygens (including phenoxy) is 1. The van der Waals surface area contributed by atoms with Crippen LogP contribution >= 0.6 is 0 Å². The van der Waals surface area contributed by atoms with Crippen molar-refractivity contribution in [3.63, 3.8) is 0 Å². The quantitative estimate of drug-likeness (QED) is 0.821. The van der Waals surface area contributed by atoms with E-state index >= 15 is 0 Å². The molecule has 2 heterocycles. The van der Waals surface area contributed by atoms with Crippen molar-refractivity contribution in [3.05, 3.63) is 42.2 Å². The highest BCUT2D eigenvalue weighted by Crippen LogP contribution is 2.24. The predicted molar refractivity (Wildman–Crippen MR) is 96.8 cm³/mol. The summed E-state index contributed by atoms with van der Waals surface area (Å²) in [7, 11) is 5.30. The molecule has 1 saturated heterocycles. The van der Waals surface area contributed by atoms with Crippen LogP contribution in [0.4, 0.5) is 5.69 Å². The first-order chi connectivity index (χ1) is 12.1. The molecule has 1 aromatic heterocycles. The van der Waals surface area contributed by atoms with E-state index in [0.717, 1.165) is 36.5 Å². The van der Waals surface area contributed by atoms with Crippen LogP contribution in [0.15, 0.2) is 36.7 Å². The van der Waals surface area contributed by atoms with Crippen LogP contribution < -0.4 is 20.3 Å². The minimum Gasteiger partial charge on any atom is -0.497 e. The Morgan fingerprint density at radius 3 is 2.96 bits per heavy atom. The molecule has 2 atom stereocenters. The summed E-state index contributed by atoms with van der Waals surface area (Å²) in [4.78, 5) is 14.9. The van der Waals surface area contributed by atoms with Gasteiger partial charge in [-0.1, -0.05) is 6.07 Å². The Morgan fingerprint density at radius 2 is 2.28 bits per heavy atom. The summed E-state index contributed by atoms with van der Waals surface area (Å²) in [5, 5.41) is 10.4. The highest BCUT2D eigenvalue weighted by molar-refractivity contribution is 5.83. The van der Waals surface area contributed by atoms with Crippen molar-refractivity contribution < 1.29 is 9.53 Å². The van der Waals surface area contributed by atoms with E-state index in [4.69, 9.17) is 4.74 Å². The molecule has 134 valence electrons. The van der Waals surface area contributed by atoms with Gasteiger partial charge in [-0.15, -0.1) is 0 Å². The lowest BCUT2D eigenvalue weighted by atomic mass is 10.1. The summed E-state index contributed by atoms with van der Waals surface area (Å²) in [6, 6.07) is 7.75. The molecule has 7 nitrogen and oxygen atoms in total. The number of aromatic nitrogens is 2. The molecule has 2 N–H and O–H groups in total. The zero-order chi connectivity index (χ0) is 17.8. The average Bonchev–Trinajstić information content (AvgIpc) is 3.25. The SMILES string of the molecule is CNC(C(=O)NC1CCN(c2cccc(OC)c2)C1)c1cnn(C)c1. The summed E-state index contributed by atoms with van der Waals surface area (Å²) >= 11 is 0. The molecular weight excluding hydrogens is 318 g/mol. The number of rotatable bonds is 6. The van der Waals surface area contributed by atoms with Crippen LogP contribution in [-0.2, 0) is 11.8 Å². The Labute approximate surface area is 148 Å². The zero-order valence-corrected chi connectivity index (χ0v) is 14.9. The highest BCUT2D eigenvalue weighted by atomic mass is 16.5. The smallest absolute Gasteiger partial charge is 0.242 e. The summed E-state index contributed by atoms with van der Waals surface area (Å²) in [5.74, 6) is 0.824. The molecule has 1 fully saturated rings. The van der Waals surface area contributed by atoms with Crippen molar-refractivity contribution in [3.8, 4) is 5.75 Å². The maximum absolute atomic E-state index is 12.6. The third-order valence-electron chi connectivity index (χ3n) is 4.56. The van der Waals surface area contributed by atoms with E-state index in [1.54, 1.807) is 25.0 Å². The predicted octanol–water partition coefficient (Wildman–Crippen LogP) is 1.08. The molecule has 1 aliphatic rings. The Bertz CT molecular complexity index is 730. The lowest BCUT2D eigenvalue weighted by molar-refractivity contribution is -0.123. The minimum atomic E-state index is -0.389. The normalized spacial score (nSPS) is 18.2. The summed E-state index contributed by atoms with van der Waals surface area (Å²) in [6.07, 6.45) is 4.50. The molecule has 0 saturated carbocycles.